The number of hydrogen-bond donors (Lipinski definition) is 2. The molecule has 1 saturated heterocycles. The van der Waals surface area contributed by atoms with Gasteiger partial charge in [-0.2, -0.15) is 0 Å². The van der Waals surface area contributed by atoms with Crippen molar-refractivity contribution in [3.63, 3.8) is 0 Å². The first-order chi connectivity index (χ1) is 12.2. The van der Waals surface area contributed by atoms with Gasteiger partial charge in [-0.15, -0.1) is 0 Å². The number of halogens is 1. The molecule has 5 nitrogen and oxygen atoms in total. The fourth-order valence-corrected chi connectivity index (χ4v) is 2.79. The molecule has 1 heterocycles. The quantitative estimate of drug-likeness (QED) is 0.785. The van der Waals surface area contributed by atoms with Crippen LogP contribution in [0.25, 0.3) is 0 Å². The number of amides is 1. The summed E-state index contributed by atoms with van der Waals surface area (Å²) >= 11 is 6.05. The molecule has 0 saturated carbocycles. The summed E-state index contributed by atoms with van der Waals surface area (Å²) in [6.45, 7) is 1.52. The van der Waals surface area contributed by atoms with Crippen LogP contribution < -0.4 is 15.4 Å². The largest absolute Gasteiger partial charge is 0.491 e. The Morgan fingerprint density at radius 2 is 2.00 bits per heavy atom. The number of nitrogens with one attached hydrogen (secondary N) is 2. The van der Waals surface area contributed by atoms with E-state index in [1.54, 1.807) is 6.07 Å². The van der Waals surface area contributed by atoms with E-state index in [2.05, 4.69) is 10.6 Å². The van der Waals surface area contributed by atoms with Crippen LogP contribution in [0.1, 0.15) is 12.8 Å². The summed E-state index contributed by atoms with van der Waals surface area (Å²) < 4.78 is 11.2. The molecule has 2 N–H and O–H groups in total. The number of anilines is 2. The molecule has 1 atom stereocenters. The Labute approximate surface area is 152 Å². The van der Waals surface area contributed by atoms with E-state index in [1.807, 2.05) is 42.5 Å². The van der Waals surface area contributed by atoms with E-state index in [0.717, 1.165) is 36.6 Å². The third-order valence-corrected chi connectivity index (χ3v) is 4.24. The molecule has 1 fully saturated rings. The summed E-state index contributed by atoms with van der Waals surface area (Å²) in [4.78, 5) is 12.0. The first-order valence-electron chi connectivity index (χ1n) is 8.33. The highest BCUT2D eigenvalue weighted by Crippen LogP contribution is 2.21. The van der Waals surface area contributed by atoms with Crippen LogP contribution >= 0.6 is 11.6 Å². The highest BCUT2D eigenvalue weighted by Gasteiger charge is 2.15. The number of carbonyl (C=O) groups excluding carboxylic acids is 1. The Hall–Kier alpha value is -2.24. The van der Waals surface area contributed by atoms with Crippen molar-refractivity contribution >= 4 is 28.9 Å². The lowest BCUT2D eigenvalue weighted by Crippen LogP contribution is -2.21. The van der Waals surface area contributed by atoms with Gasteiger partial charge in [-0.05, 0) is 49.2 Å². The van der Waals surface area contributed by atoms with E-state index in [-0.39, 0.29) is 18.6 Å². The first kappa shape index (κ1) is 17.6. The summed E-state index contributed by atoms with van der Waals surface area (Å²) in [5.74, 6) is 0.621. The van der Waals surface area contributed by atoms with E-state index in [1.165, 1.54) is 0 Å². The molecular weight excluding hydrogens is 340 g/mol. The predicted octanol–water partition coefficient (Wildman–Crippen LogP) is 3.95. The summed E-state index contributed by atoms with van der Waals surface area (Å²) in [5, 5.41) is 6.43. The highest BCUT2D eigenvalue weighted by molar-refractivity contribution is 6.33. The molecule has 1 unspecified atom stereocenters. The van der Waals surface area contributed by atoms with Crippen molar-refractivity contribution in [1.82, 2.24) is 0 Å². The summed E-state index contributed by atoms with van der Waals surface area (Å²) in [6, 6.07) is 14.6. The number of para-hydroxylation sites is 1. The van der Waals surface area contributed by atoms with Crippen LogP contribution in [0.2, 0.25) is 5.02 Å². The molecule has 0 radical (unpaired) electrons. The van der Waals surface area contributed by atoms with E-state index in [0.29, 0.717) is 11.6 Å². The number of carbonyl (C=O) groups is 1. The zero-order chi connectivity index (χ0) is 17.5. The van der Waals surface area contributed by atoms with E-state index in [9.17, 15) is 4.79 Å². The smallest absolute Gasteiger partial charge is 0.243 e. The number of rotatable bonds is 7. The Kier molecular flexibility index (Phi) is 6.14. The summed E-state index contributed by atoms with van der Waals surface area (Å²) in [5.41, 5.74) is 1.45. The molecule has 1 aliphatic heterocycles. The van der Waals surface area contributed by atoms with Crippen molar-refractivity contribution in [2.24, 2.45) is 0 Å². The van der Waals surface area contributed by atoms with E-state index in [4.69, 9.17) is 21.1 Å². The molecule has 132 valence electrons. The van der Waals surface area contributed by atoms with Crippen LogP contribution in [0.5, 0.6) is 5.75 Å². The molecular formula is C19H21ClN2O3. The Morgan fingerprint density at radius 1 is 1.20 bits per heavy atom. The molecule has 0 spiro atoms. The van der Waals surface area contributed by atoms with Crippen LogP contribution in [0, 0.1) is 0 Å². The molecule has 0 aromatic heterocycles. The van der Waals surface area contributed by atoms with Gasteiger partial charge in [-0.25, -0.2) is 0 Å². The van der Waals surface area contributed by atoms with Gasteiger partial charge in [0.1, 0.15) is 12.4 Å². The minimum absolute atomic E-state index is 0.140. The minimum atomic E-state index is -0.145. The normalized spacial score (nSPS) is 16.4. The molecule has 3 rings (SSSR count). The average Bonchev–Trinajstić information content (AvgIpc) is 3.14. The minimum Gasteiger partial charge on any atom is -0.491 e. The number of benzene rings is 2. The van der Waals surface area contributed by atoms with Gasteiger partial charge >= 0.3 is 0 Å². The Balaban J connectivity index is 1.44. The van der Waals surface area contributed by atoms with Gasteiger partial charge in [0, 0.05) is 12.3 Å². The lowest BCUT2D eigenvalue weighted by atomic mass is 10.2. The lowest BCUT2D eigenvalue weighted by Gasteiger charge is -2.12. The van der Waals surface area contributed by atoms with E-state index >= 15 is 0 Å². The third kappa shape index (κ3) is 5.37. The maximum atomic E-state index is 12.0. The average molecular weight is 361 g/mol. The number of ether oxygens (including phenoxy) is 2. The van der Waals surface area contributed by atoms with Crippen molar-refractivity contribution in [1.29, 1.82) is 0 Å². The Morgan fingerprint density at radius 3 is 2.72 bits per heavy atom. The van der Waals surface area contributed by atoms with Gasteiger partial charge in [0.2, 0.25) is 5.91 Å². The molecule has 0 bridgehead atoms. The molecule has 6 heteroatoms. The van der Waals surface area contributed by atoms with Gasteiger partial charge in [0.25, 0.3) is 0 Å². The van der Waals surface area contributed by atoms with Gasteiger partial charge in [-0.3, -0.25) is 4.79 Å². The standard InChI is InChI=1S/C19H21ClN2O3/c20-17-5-1-2-6-18(17)21-12-19(23)22-14-7-9-15(10-8-14)25-13-16-4-3-11-24-16/h1-2,5-10,16,21H,3-4,11-13H2,(H,22,23). The molecule has 1 aliphatic rings. The fraction of sp³-hybridized carbons (Fsp3) is 0.316. The first-order valence-corrected chi connectivity index (χ1v) is 8.71. The van der Waals surface area contributed by atoms with Crippen LogP contribution in [-0.2, 0) is 9.53 Å². The summed E-state index contributed by atoms with van der Waals surface area (Å²) in [7, 11) is 0. The fourth-order valence-electron chi connectivity index (χ4n) is 2.58. The Bertz CT molecular complexity index is 700. The van der Waals surface area contributed by atoms with Crippen LogP contribution in [-0.4, -0.2) is 31.8 Å². The van der Waals surface area contributed by atoms with Gasteiger partial charge < -0.3 is 20.1 Å². The van der Waals surface area contributed by atoms with Crippen LogP contribution in [0.15, 0.2) is 48.5 Å². The second-order valence-corrected chi connectivity index (χ2v) is 6.26. The van der Waals surface area contributed by atoms with Crippen molar-refractivity contribution in [3.05, 3.63) is 53.6 Å². The van der Waals surface area contributed by atoms with E-state index < -0.39 is 0 Å². The topological polar surface area (TPSA) is 59.6 Å². The van der Waals surface area contributed by atoms with Gasteiger partial charge in [0.05, 0.1) is 23.4 Å². The third-order valence-electron chi connectivity index (χ3n) is 3.91. The van der Waals surface area contributed by atoms with Crippen molar-refractivity contribution in [3.8, 4) is 5.75 Å². The number of hydrogen-bond acceptors (Lipinski definition) is 4. The molecule has 0 aliphatic carbocycles. The van der Waals surface area contributed by atoms with Gasteiger partial charge in [0.15, 0.2) is 0 Å². The van der Waals surface area contributed by atoms with Crippen LogP contribution in [0.4, 0.5) is 11.4 Å². The van der Waals surface area contributed by atoms with Crippen molar-refractivity contribution < 1.29 is 14.3 Å². The van der Waals surface area contributed by atoms with Crippen molar-refractivity contribution in [2.75, 3.05) is 30.4 Å². The van der Waals surface area contributed by atoms with Crippen molar-refractivity contribution in [2.45, 2.75) is 18.9 Å². The monoisotopic (exact) mass is 360 g/mol. The lowest BCUT2D eigenvalue weighted by molar-refractivity contribution is -0.114. The maximum absolute atomic E-state index is 12.0. The molecule has 2 aromatic carbocycles. The second-order valence-electron chi connectivity index (χ2n) is 5.85. The molecule has 2 aromatic rings. The SMILES string of the molecule is O=C(CNc1ccccc1Cl)Nc1ccc(OCC2CCCO2)cc1. The predicted molar refractivity (Wildman–Crippen MR) is 99.5 cm³/mol. The maximum Gasteiger partial charge on any atom is 0.243 e. The highest BCUT2D eigenvalue weighted by atomic mass is 35.5. The zero-order valence-electron chi connectivity index (χ0n) is 13.8. The summed E-state index contributed by atoms with van der Waals surface area (Å²) in [6.07, 6.45) is 2.34. The van der Waals surface area contributed by atoms with Gasteiger partial charge in [-0.1, -0.05) is 23.7 Å². The zero-order valence-corrected chi connectivity index (χ0v) is 14.6. The second kappa shape index (κ2) is 8.74. The van der Waals surface area contributed by atoms with Crippen LogP contribution in [0.3, 0.4) is 0 Å². The molecule has 1 amide bonds. The molecule has 25 heavy (non-hydrogen) atoms.